The van der Waals surface area contributed by atoms with E-state index in [0.29, 0.717) is 39.7 Å². The third-order valence-corrected chi connectivity index (χ3v) is 8.23. The molecule has 0 bridgehead atoms. The van der Waals surface area contributed by atoms with Gasteiger partial charge in [0.1, 0.15) is 17.4 Å². The van der Waals surface area contributed by atoms with E-state index in [1.807, 2.05) is 11.9 Å². The summed E-state index contributed by atoms with van der Waals surface area (Å²) in [5.74, 6) is 0.184. The van der Waals surface area contributed by atoms with E-state index in [4.69, 9.17) is 9.73 Å². The van der Waals surface area contributed by atoms with Gasteiger partial charge in [-0.05, 0) is 31.5 Å². The molecule has 3 heterocycles. The van der Waals surface area contributed by atoms with E-state index in [-0.39, 0.29) is 18.7 Å². The summed E-state index contributed by atoms with van der Waals surface area (Å²) in [7, 11) is 1.82. The number of carboxylic acids is 1. The number of ether oxygens (including phenoxy) is 1. The number of halogens is 2. The number of carbonyl (C=O) groups is 2. The highest BCUT2D eigenvalue weighted by molar-refractivity contribution is 9.10. The fraction of sp³-hybridized carbons (Fsp3) is 0.417. The molecule has 192 valence electrons. The summed E-state index contributed by atoms with van der Waals surface area (Å²) in [5, 5.41) is 13.3. The highest BCUT2D eigenvalue weighted by Gasteiger charge is 2.44. The molecule has 2 atom stereocenters. The van der Waals surface area contributed by atoms with Gasteiger partial charge in [0.05, 0.1) is 12.2 Å². The fourth-order valence-electron chi connectivity index (χ4n) is 4.25. The van der Waals surface area contributed by atoms with E-state index in [1.54, 1.807) is 48.6 Å². The van der Waals surface area contributed by atoms with Crippen molar-refractivity contribution in [3.8, 4) is 0 Å². The minimum absolute atomic E-state index is 0.149. The molecule has 12 heteroatoms. The lowest BCUT2D eigenvalue weighted by molar-refractivity contribution is -0.148. The van der Waals surface area contributed by atoms with Crippen LogP contribution in [0.2, 0.25) is 0 Å². The Morgan fingerprint density at radius 2 is 2.19 bits per heavy atom. The predicted octanol–water partition coefficient (Wildman–Crippen LogP) is 3.12. The second kappa shape index (κ2) is 10.7. The van der Waals surface area contributed by atoms with Gasteiger partial charge >= 0.3 is 11.9 Å². The Morgan fingerprint density at radius 1 is 1.42 bits per heavy atom. The van der Waals surface area contributed by atoms with Gasteiger partial charge in [-0.1, -0.05) is 22.0 Å². The third-order valence-electron chi connectivity index (χ3n) is 6.31. The average Bonchev–Trinajstić information content (AvgIpc) is 3.26. The molecule has 0 aliphatic carbocycles. The Labute approximate surface area is 220 Å². The van der Waals surface area contributed by atoms with Crippen molar-refractivity contribution in [3.63, 3.8) is 0 Å². The largest absolute Gasteiger partial charge is 0.480 e. The Morgan fingerprint density at radius 3 is 2.83 bits per heavy atom. The van der Waals surface area contributed by atoms with Crippen molar-refractivity contribution in [2.24, 2.45) is 12.0 Å². The Kier molecular flexibility index (Phi) is 7.86. The maximum absolute atomic E-state index is 13.9. The number of thioether (sulfide) groups is 1. The number of carboxylic acid groups (broad SMARTS) is 1. The van der Waals surface area contributed by atoms with Crippen LogP contribution in [0.4, 0.5) is 4.39 Å². The van der Waals surface area contributed by atoms with E-state index < -0.39 is 29.3 Å². The smallest absolute Gasteiger partial charge is 0.338 e. The van der Waals surface area contributed by atoms with Crippen molar-refractivity contribution in [1.29, 1.82) is 0 Å². The number of imidazole rings is 1. The summed E-state index contributed by atoms with van der Waals surface area (Å²) < 4.78 is 21.6. The first-order valence-electron chi connectivity index (χ1n) is 11.4. The number of aryl methyl sites for hydroxylation is 1. The SMILES string of the molecule is CCOC(=O)C1=C(CN2CCSCC2(C)C(=O)O)NC(c2nccn2C)=NC1c1ccc(F)cc1Br. The molecule has 4 rings (SSSR count). The van der Waals surface area contributed by atoms with Crippen molar-refractivity contribution in [3.05, 3.63) is 63.5 Å². The van der Waals surface area contributed by atoms with Crippen LogP contribution >= 0.6 is 27.7 Å². The molecule has 1 saturated heterocycles. The number of nitrogens with zero attached hydrogens (tertiary/aromatic N) is 4. The third kappa shape index (κ3) is 5.07. The number of aromatic nitrogens is 2. The highest BCUT2D eigenvalue weighted by Crippen LogP contribution is 2.37. The number of rotatable bonds is 7. The Bertz CT molecular complexity index is 1250. The zero-order valence-corrected chi connectivity index (χ0v) is 22.5. The molecule has 0 amide bonds. The van der Waals surface area contributed by atoms with Gasteiger partial charge in [-0.15, -0.1) is 0 Å². The van der Waals surface area contributed by atoms with Crippen LogP contribution in [-0.2, 0) is 21.4 Å². The van der Waals surface area contributed by atoms with Crippen LogP contribution in [0.5, 0.6) is 0 Å². The van der Waals surface area contributed by atoms with E-state index in [9.17, 15) is 19.1 Å². The van der Waals surface area contributed by atoms with Gasteiger partial charge < -0.3 is 19.7 Å². The van der Waals surface area contributed by atoms with Crippen LogP contribution in [0.25, 0.3) is 0 Å². The van der Waals surface area contributed by atoms with Crippen molar-refractivity contribution in [1.82, 2.24) is 19.8 Å². The van der Waals surface area contributed by atoms with Gasteiger partial charge in [-0.2, -0.15) is 11.8 Å². The van der Waals surface area contributed by atoms with Gasteiger partial charge in [-0.25, -0.2) is 14.2 Å². The van der Waals surface area contributed by atoms with Crippen LogP contribution in [0.1, 0.15) is 31.3 Å². The first-order chi connectivity index (χ1) is 17.2. The molecule has 36 heavy (non-hydrogen) atoms. The zero-order chi connectivity index (χ0) is 26.0. The molecule has 0 spiro atoms. The lowest BCUT2D eigenvalue weighted by atomic mass is 9.94. The van der Waals surface area contributed by atoms with Crippen molar-refractivity contribution < 1.29 is 23.8 Å². The van der Waals surface area contributed by atoms with Crippen molar-refractivity contribution in [2.75, 3.05) is 31.2 Å². The minimum Gasteiger partial charge on any atom is -0.480 e. The molecular weight excluding hydrogens is 553 g/mol. The van der Waals surface area contributed by atoms with Gasteiger partial charge in [0, 0.05) is 54.2 Å². The lowest BCUT2D eigenvalue weighted by Gasteiger charge is -2.42. The number of amidine groups is 1. The number of carbonyl (C=O) groups excluding carboxylic acids is 1. The molecule has 1 aromatic carbocycles. The number of benzene rings is 1. The number of nitrogens with one attached hydrogen (secondary N) is 1. The van der Waals surface area contributed by atoms with Gasteiger partial charge in [-0.3, -0.25) is 14.7 Å². The summed E-state index contributed by atoms with van der Waals surface area (Å²) in [4.78, 5) is 36.6. The number of hydrogen-bond acceptors (Lipinski definition) is 8. The molecular formula is C24H27BrFN5O4S. The second-order valence-electron chi connectivity index (χ2n) is 8.70. The average molecular weight is 580 g/mol. The molecule has 1 fully saturated rings. The highest BCUT2D eigenvalue weighted by atomic mass is 79.9. The maximum atomic E-state index is 13.9. The molecule has 2 unspecified atom stereocenters. The standard InChI is InChI=1S/C24H27BrFN5O4S/c1-4-35-22(32)18-17(12-31-9-10-36-13-24(31,2)23(33)34)28-20(21-27-7-8-30(21)3)29-19(18)15-6-5-14(26)11-16(15)25/h5-8,11,19H,4,9-10,12-13H2,1-3H3,(H,28,29)(H,33,34). The number of aliphatic carboxylic acids is 1. The van der Waals surface area contributed by atoms with Crippen molar-refractivity contribution in [2.45, 2.75) is 25.4 Å². The monoisotopic (exact) mass is 579 g/mol. The number of esters is 1. The first-order valence-corrected chi connectivity index (χ1v) is 13.3. The van der Waals surface area contributed by atoms with E-state index in [2.05, 4.69) is 26.2 Å². The normalized spacial score (nSPS) is 22.7. The topological polar surface area (TPSA) is 109 Å². The predicted molar refractivity (Wildman–Crippen MR) is 138 cm³/mol. The van der Waals surface area contributed by atoms with Crippen LogP contribution in [0.3, 0.4) is 0 Å². The molecule has 0 saturated carbocycles. The van der Waals surface area contributed by atoms with Gasteiger partial charge in [0.15, 0.2) is 11.7 Å². The summed E-state index contributed by atoms with van der Waals surface area (Å²) in [6, 6.07) is 3.37. The molecule has 2 aliphatic heterocycles. The zero-order valence-electron chi connectivity index (χ0n) is 20.1. The number of aliphatic imine (C=N–C) groups is 1. The number of hydrogen-bond donors (Lipinski definition) is 2. The summed E-state index contributed by atoms with van der Waals surface area (Å²) in [5.41, 5.74) is 0.164. The van der Waals surface area contributed by atoms with Crippen LogP contribution in [-0.4, -0.2) is 74.1 Å². The summed E-state index contributed by atoms with van der Waals surface area (Å²) in [6.07, 6.45) is 3.41. The maximum Gasteiger partial charge on any atom is 0.338 e. The van der Waals surface area contributed by atoms with Crippen molar-refractivity contribution >= 4 is 45.5 Å². The van der Waals surface area contributed by atoms with Gasteiger partial charge in [0.25, 0.3) is 0 Å². The van der Waals surface area contributed by atoms with Crippen LogP contribution in [0, 0.1) is 5.82 Å². The van der Waals surface area contributed by atoms with Crippen LogP contribution < -0.4 is 5.32 Å². The minimum atomic E-state index is -1.12. The van der Waals surface area contributed by atoms with E-state index >= 15 is 0 Å². The lowest BCUT2D eigenvalue weighted by Crippen LogP contribution is -2.59. The molecule has 0 radical (unpaired) electrons. The second-order valence-corrected chi connectivity index (χ2v) is 10.7. The molecule has 2 N–H and O–H groups in total. The van der Waals surface area contributed by atoms with Crippen LogP contribution in [0.15, 0.2) is 51.3 Å². The summed E-state index contributed by atoms with van der Waals surface area (Å²) in [6.45, 7) is 4.22. The Hall–Kier alpha value is -2.70. The molecule has 1 aromatic heterocycles. The van der Waals surface area contributed by atoms with Gasteiger partial charge in [0.2, 0.25) is 0 Å². The molecule has 2 aliphatic rings. The van der Waals surface area contributed by atoms with E-state index in [0.717, 1.165) is 5.75 Å². The fourth-order valence-corrected chi connectivity index (χ4v) is 6.02. The quantitative estimate of drug-likeness (QED) is 0.481. The Balaban J connectivity index is 1.88. The summed E-state index contributed by atoms with van der Waals surface area (Å²) >= 11 is 5.00. The molecule has 2 aromatic rings. The molecule has 9 nitrogen and oxygen atoms in total. The first kappa shape index (κ1) is 26.4. The van der Waals surface area contributed by atoms with E-state index in [1.165, 1.54) is 12.1 Å².